The van der Waals surface area contributed by atoms with Crippen LogP contribution in [-0.2, 0) is 6.54 Å². The predicted octanol–water partition coefficient (Wildman–Crippen LogP) is 3.80. The summed E-state index contributed by atoms with van der Waals surface area (Å²) >= 11 is 1.54. The number of likely N-dealkylation sites (tertiary alicyclic amines) is 1. The molecular formula is C18H20N6S. The molecule has 1 saturated heterocycles. The fourth-order valence-electron chi connectivity index (χ4n) is 3.24. The predicted molar refractivity (Wildman–Crippen MR) is 98.7 cm³/mol. The van der Waals surface area contributed by atoms with Crippen molar-refractivity contribution in [3.63, 3.8) is 0 Å². The maximum atomic E-state index is 4.75. The zero-order valence-corrected chi connectivity index (χ0v) is 14.7. The summed E-state index contributed by atoms with van der Waals surface area (Å²) in [6.45, 7) is 1.98. The molecule has 25 heavy (non-hydrogen) atoms. The lowest BCUT2D eigenvalue weighted by Crippen LogP contribution is -2.33. The van der Waals surface area contributed by atoms with Gasteiger partial charge < -0.3 is 5.32 Å². The lowest BCUT2D eigenvalue weighted by atomic mass is 9.98. The molecule has 1 N–H and O–H groups in total. The van der Waals surface area contributed by atoms with Gasteiger partial charge in [-0.1, -0.05) is 12.5 Å². The molecule has 1 aliphatic heterocycles. The van der Waals surface area contributed by atoms with Crippen molar-refractivity contribution in [2.45, 2.75) is 31.8 Å². The van der Waals surface area contributed by atoms with Crippen LogP contribution in [0.1, 0.15) is 36.6 Å². The molecule has 0 unspecified atom stereocenters. The average molecular weight is 352 g/mol. The summed E-state index contributed by atoms with van der Waals surface area (Å²) in [6, 6.07) is 6.47. The highest BCUT2D eigenvalue weighted by Gasteiger charge is 2.25. The van der Waals surface area contributed by atoms with E-state index in [0.29, 0.717) is 12.0 Å². The number of nitrogens with zero attached hydrogens (tertiary/aromatic N) is 5. The van der Waals surface area contributed by atoms with E-state index in [1.165, 1.54) is 18.4 Å². The highest BCUT2D eigenvalue weighted by molar-refractivity contribution is 7.13. The average Bonchev–Trinajstić information content (AvgIpc) is 3.16. The molecule has 0 amide bonds. The van der Waals surface area contributed by atoms with E-state index in [0.717, 1.165) is 30.3 Å². The maximum absolute atomic E-state index is 4.75. The third-order valence-corrected chi connectivity index (χ3v) is 5.08. The van der Waals surface area contributed by atoms with E-state index < -0.39 is 0 Å². The summed E-state index contributed by atoms with van der Waals surface area (Å²) in [5, 5.41) is 5.93. The van der Waals surface area contributed by atoms with Crippen molar-refractivity contribution in [3.05, 3.63) is 59.6 Å². The molecule has 1 fully saturated rings. The van der Waals surface area contributed by atoms with Crippen LogP contribution in [0, 0.1) is 0 Å². The second-order valence-corrected chi connectivity index (χ2v) is 7.01. The number of hydrogen-bond acceptors (Lipinski definition) is 7. The smallest absolute Gasteiger partial charge is 0.229 e. The highest BCUT2D eigenvalue weighted by Crippen LogP contribution is 2.31. The first kappa shape index (κ1) is 16.1. The third-order valence-electron chi connectivity index (χ3n) is 4.39. The van der Waals surface area contributed by atoms with Crippen LogP contribution < -0.4 is 5.32 Å². The Labute approximate surface area is 151 Å². The summed E-state index contributed by atoms with van der Waals surface area (Å²) in [7, 11) is 0. The molecule has 0 saturated carbocycles. The molecule has 7 heteroatoms. The Morgan fingerprint density at radius 3 is 3.00 bits per heavy atom. The lowest BCUT2D eigenvalue weighted by molar-refractivity contribution is 0.137. The minimum absolute atomic E-state index is 0.314. The van der Waals surface area contributed by atoms with Crippen molar-refractivity contribution < 1.29 is 0 Å². The van der Waals surface area contributed by atoms with Gasteiger partial charge in [0, 0.05) is 36.7 Å². The van der Waals surface area contributed by atoms with Gasteiger partial charge in [-0.15, -0.1) is 11.3 Å². The number of rotatable bonds is 5. The number of nitrogens with one attached hydrogen (secondary N) is 1. The van der Waals surface area contributed by atoms with Gasteiger partial charge in [0.05, 0.1) is 11.7 Å². The molecule has 0 bridgehead atoms. The number of anilines is 2. The van der Waals surface area contributed by atoms with E-state index in [2.05, 4.69) is 31.2 Å². The minimum atomic E-state index is 0.314. The fourth-order valence-corrected chi connectivity index (χ4v) is 3.76. The molecular weight excluding hydrogens is 332 g/mol. The Hall–Kier alpha value is -2.38. The van der Waals surface area contributed by atoms with Crippen molar-refractivity contribution in [2.75, 3.05) is 11.9 Å². The minimum Gasteiger partial charge on any atom is -0.300 e. The monoisotopic (exact) mass is 352 g/mol. The summed E-state index contributed by atoms with van der Waals surface area (Å²) in [5.74, 6) is 0.611. The first-order valence-corrected chi connectivity index (χ1v) is 9.39. The van der Waals surface area contributed by atoms with Gasteiger partial charge in [0.1, 0.15) is 0 Å². The van der Waals surface area contributed by atoms with E-state index in [9.17, 15) is 0 Å². The van der Waals surface area contributed by atoms with Crippen molar-refractivity contribution in [2.24, 2.45) is 0 Å². The van der Waals surface area contributed by atoms with Crippen molar-refractivity contribution in [3.8, 4) is 0 Å². The fraction of sp³-hybridized carbons (Fsp3) is 0.333. The zero-order valence-electron chi connectivity index (χ0n) is 13.9. The third kappa shape index (κ3) is 4.00. The van der Waals surface area contributed by atoms with Crippen LogP contribution in [0.5, 0.6) is 0 Å². The van der Waals surface area contributed by atoms with Crippen LogP contribution in [0.2, 0.25) is 0 Å². The van der Waals surface area contributed by atoms with Gasteiger partial charge in [0.25, 0.3) is 0 Å². The van der Waals surface area contributed by atoms with Gasteiger partial charge in [-0.3, -0.25) is 9.88 Å². The Morgan fingerprint density at radius 1 is 1.16 bits per heavy atom. The van der Waals surface area contributed by atoms with Crippen LogP contribution >= 0.6 is 11.3 Å². The molecule has 4 heterocycles. The van der Waals surface area contributed by atoms with Gasteiger partial charge in [0.2, 0.25) is 5.95 Å². The highest BCUT2D eigenvalue weighted by atomic mass is 32.1. The Morgan fingerprint density at radius 2 is 2.16 bits per heavy atom. The van der Waals surface area contributed by atoms with E-state index in [1.807, 2.05) is 36.1 Å². The van der Waals surface area contributed by atoms with Crippen molar-refractivity contribution >= 4 is 22.4 Å². The molecule has 0 aromatic carbocycles. The lowest BCUT2D eigenvalue weighted by Gasteiger charge is -2.35. The zero-order chi connectivity index (χ0) is 16.9. The molecule has 3 aromatic rings. The SMILES string of the molecule is c1cncc(CN2CCCC[C@@H]2c2ccnc(Nc3nccs3)n2)c1. The van der Waals surface area contributed by atoms with Crippen LogP contribution in [0.25, 0.3) is 0 Å². The second kappa shape index (κ2) is 7.67. The van der Waals surface area contributed by atoms with Gasteiger partial charge in [-0.25, -0.2) is 15.0 Å². The Balaban J connectivity index is 1.53. The molecule has 128 valence electrons. The molecule has 4 rings (SSSR count). The topological polar surface area (TPSA) is 66.8 Å². The second-order valence-electron chi connectivity index (χ2n) is 6.11. The van der Waals surface area contributed by atoms with Crippen LogP contribution in [0.4, 0.5) is 11.1 Å². The standard InChI is InChI=1S/C18H20N6S/c1-2-10-24(13-14-4-3-7-19-12-14)16(5-1)15-6-8-20-17(22-15)23-18-21-9-11-25-18/h3-4,6-9,11-12,16H,1-2,5,10,13H2,(H,20,21,22,23)/t16-/m1/s1. The molecule has 3 aromatic heterocycles. The quantitative estimate of drug-likeness (QED) is 0.753. The van der Waals surface area contributed by atoms with E-state index in [1.54, 1.807) is 17.5 Å². The van der Waals surface area contributed by atoms with E-state index in [-0.39, 0.29) is 0 Å². The molecule has 6 nitrogen and oxygen atoms in total. The molecule has 1 atom stereocenters. The first-order chi connectivity index (χ1) is 12.4. The maximum Gasteiger partial charge on any atom is 0.229 e. The Kier molecular flexibility index (Phi) is 4.94. The molecule has 0 aliphatic carbocycles. The van der Waals surface area contributed by atoms with Crippen molar-refractivity contribution in [1.82, 2.24) is 24.8 Å². The van der Waals surface area contributed by atoms with Crippen LogP contribution in [-0.4, -0.2) is 31.4 Å². The molecule has 1 aliphatic rings. The van der Waals surface area contributed by atoms with Crippen molar-refractivity contribution in [1.29, 1.82) is 0 Å². The number of aromatic nitrogens is 4. The van der Waals surface area contributed by atoms with Crippen LogP contribution in [0.3, 0.4) is 0 Å². The summed E-state index contributed by atoms with van der Waals surface area (Å²) in [6.07, 6.45) is 10.9. The number of pyridine rings is 1. The molecule has 0 radical (unpaired) electrons. The summed E-state index contributed by atoms with van der Waals surface area (Å²) < 4.78 is 0. The Bertz CT molecular complexity index is 792. The number of thiazole rings is 1. The van der Waals surface area contributed by atoms with Gasteiger partial charge in [-0.05, 0) is 37.1 Å². The van der Waals surface area contributed by atoms with E-state index in [4.69, 9.17) is 4.98 Å². The largest absolute Gasteiger partial charge is 0.300 e. The normalized spacial score (nSPS) is 18.2. The van der Waals surface area contributed by atoms with Gasteiger partial charge in [0.15, 0.2) is 5.13 Å². The van der Waals surface area contributed by atoms with E-state index >= 15 is 0 Å². The molecule has 0 spiro atoms. The van der Waals surface area contributed by atoms with Gasteiger partial charge >= 0.3 is 0 Å². The summed E-state index contributed by atoms with van der Waals surface area (Å²) in [5.41, 5.74) is 2.31. The first-order valence-electron chi connectivity index (χ1n) is 8.51. The number of piperidine rings is 1. The van der Waals surface area contributed by atoms with Crippen LogP contribution in [0.15, 0.2) is 48.4 Å². The van der Waals surface area contributed by atoms with Gasteiger partial charge in [-0.2, -0.15) is 0 Å². The number of hydrogen-bond donors (Lipinski definition) is 1. The summed E-state index contributed by atoms with van der Waals surface area (Å²) in [4.78, 5) is 20.1.